The van der Waals surface area contributed by atoms with Crippen LogP contribution in [-0.2, 0) is 9.47 Å². The molecule has 0 saturated heterocycles. The Balaban J connectivity index is 2.79. The van der Waals surface area contributed by atoms with Crippen molar-refractivity contribution in [3.8, 4) is 0 Å². The fraction of sp³-hybridized carbons (Fsp3) is 0.500. The zero-order valence-corrected chi connectivity index (χ0v) is 14.2. The minimum Gasteiger partial charge on any atom is -0.478 e. The van der Waals surface area contributed by atoms with Crippen molar-refractivity contribution in [3.63, 3.8) is 0 Å². The summed E-state index contributed by atoms with van der Waals surface area (Å²) in [5.41, 5.74) is 1.04. The van der Waals surface area contributed by atoms with Gasteiger partial charge in [-0.05, 0) is 38.5 Å². The molecule has 0 spiro atoms. The lowest BCUT2D eigenvalue weighted by molar-refractivity contribution is -0.120. The van der Waals surface area contributed by atoms with E-state index < -0.39 is 5.97 Å². The van der Waals surface area contributed by atoms with Crippen molar-refractivity contribution in [2.45, 2.75) is 32.0 Å². The number of halogens is 1. The minimum atomic E-state index is -0.920. The van der Waals surface area contributed by atoms with Gasteiger partial charge in [0.15, 0.2) is 6.29 Å². The van der Waals surface area contributed by atoms with Gasteiger partial charge in [0.25, 0.3) is 0 Å². The maximum absolute atomic E-state index is 11.2. The molecule has 20 heavy (non-hydrogen) atoms. The first-order valence-corrected chi connectivity index (χ1v) is 8.16. The van der Waals surface area contributed by atoms with Crippen LogP contribution < -0.4 is 0 Å². The Kier molecular flexibility index (Phi) is 7.58. The smallest absolute Gasteiger partial charge is 0.336 e. The van der Waals surface area contributed by atoms with Gasteiger partial charge in [-0.2, -0.15) is 0 Å². The number of hydrogen-bond acceptors (Lipinski definition) is 4. The van der Waals surface area contributed by atoms with E-state index in [0.717, 1.165) is 14.9 Å². The monoisotopic (exact) mass is 362 g/mol. The topological polar surface area (TPSA) is 55.8 Å². The molecule has 1 N–H and O–H groups in total. The van der Waals surface area contributed by atoms with Crippen LogP contribution in [0.1, 0.15) is 29.8 Å². The Morgan fingerprint density at radius 1 is 1.35 bits per heavy atom. The largest absolute Gasteiger partial charge is 0.478 e. The van der Waals surface area contributed by atoms with Crippen molar-refractivity contribution in [2.75, 3.05) is 19.0 Å². The third kappa shape index (κ3) is 5.09. The number of rotatable bonds is 8. The second-order valence-corrected chi connectivity index (χ2v) is 5.98. The molecule has 6 heteroatoms. The van der Waals surface area contributed by atoms with Crippen molar-refractivity contribution in [1.82, 2.24) is 0 Å². The summed E-state index contributed by atoms with van der Waals surface area (Å²) in [6.45, 7) is 6.79. The zero-order valence-electron chi connectivity index (χ0n) is 11.8. The number of carboxylic acid groups (broad SMARTS) is 1. The molecule has 0 heterocycles. The van der Waals surface area contributed by atoms with Crippen LogP contribution in [0.25, 0.3) is 0 Å². The quantitative estimate of drug-likeness (QED) is 0.560. The Morgan fingerprint density at radius 3 is 2.45 bits per heavy atom. The Morgan fingerprint density at radius 2 is 1.95 bits per heavy atom. The fourth-order valence-corrected chi connectivity index (χ4v) is 3.17. The highest BCUT2D eigenvalue weighted by Crippen LogP contribution is 2.29. The molecule has 0 unspecified atom stereocenters. The third-order valence-corrected chi connectivity index (χ3v) is 4.47. The molecular weight excluding hydrogens is 344 g/mol. The minimum absolute atomic E-state index is 0.275. The first-order chi connectivity index (χ1) is 9.49. The molecule has 0 fully saturated rings. The predicted octanol–water partition coefficient (Wildman–Crippen LogP) is 3.95. The van der Waals surface area contributed by atoms with Gasteiger partial charge in [0, 0.05) is 28.3 Å². The summed E-state index contributed by atoms with van der Waals surface area (Å²) >= 11 is 4.91. The number of benzene rings is 1. The van der Waals surface area contributed by atoms with Crippen LogP contribution in [0.15, 0.2) is 21.5 Å². The summed E-state index contributed by atoms with van der Waals surface area (Å²) in [6.07, 6.45) is -0.275. The number of carbonyl (C=O) groups is 1. The number of aromatic carboxylic acids is 1. The van der Waals surface area contributed by atoms with Crippen molar-refractivity contribution in [2.24, 2.45) is 0 Å². The first-order valence-electron chi connectivity index (χ1n) is 6.39. The molecule has 1 aromatic rings. The maximum Gasteiger partial charge on any atom is 0.336 e. The molecule has 1 aromatic carbocycles. The van der Waals surface area contributed by atoms with Gasteiger partial charge >= 0.3 is 5.97 Å². The van der Waals surface area contributed by atoms with Crippen LogP contribution in [0, 0.1) is 6.92 Å². The van der Waals surface area contributed by atoms with Gasteiger partial charge in [-0.1, -0.05) is 15.9 Å². The Labute approximate surface area is 132 Å². The molecule has 0 bridgehead atoms. The van der Waals surface area contributed by atoms with E-state index in [1.165, 1.54) is 11.8 Å². The van der Waals surface area contributed by atoms with E-state index >= 15 is 0 Å². The first kappa shape index (κ1) is 17.5. The molecular formula is C14H19BrO4S. The van der Waals surface area contributed by atoms with E-state index in [1.807, 2.05) is 19.9 Å². The molecule has 112 valence electrons. The maximum atomic E-state index is 11.2. The number of thioether (sulfide) groups is 1. The van der Waals surface area contributed by atoms with E-state index in [-0.39, 0.29) is 6.29 Å². The van der Waals surface area contributed by atoms with Gasteiger partial charge in [0.05, 0.1) is 5.56 Å². The molecule has 0 aliphatic rings. The second kappa shape index (κ2) is 8.67. The van der Waals surface area contributed by atoms with E-state index in [9.17, 15) is 9.90 Å². The molecule has 0 radical (unpaired) electrons. The standard InChI is InChI=1S/C14H19BrO4S/c1-4-18-13(19-5-2)8-20-10-6-11(14(16)17)9(3)12(15)7-10/h6-7,13H,4-5,8H2,1-3H3,(H,16,17). The Hall–Kier alpha value is -0.560. The lowest BCUT2D eigenvalue weighted by Crippen LogP contribution is -2.20. The molecule has 0 aromatic heterocycles. The number of carboxylic acids is 1. The van der Waals surface area contributed by atoms with Crippen LogP contribution in [-0.4, -0.2) is 36.3 Å². The van der Waals surface area contributed by atoms with Crippen LogP contribution in [0.5, 0.6) is 0 Å². The van der Waals surface area contributed by atoms with Gasteiger partial charge in [-0.3, -0.25) is 0 Å². The second-order valence-electron chi connectivity index (χ2n) is 4.03. The van der Waals surface area contributed by atoms with Crippen molar-refractivity contribution < 1.29 is 19.4 Å². The van der Waals surface area contributed by atoms with Gasteiger partial charge < -0.3 is 14.6 Å². The summed E-state index contributed by atoms with van der Waals surface area (Å²) in [5.74, 6) is -0.298. The van der Waals surface area contributed by atoms with Crippen LogP contribution >= 0.6 is 27.7 Å². The zero-order chi connectivity index (χ0) is 15.1. The van der Waals surface area contributed by atoms with Gasteiger partial charge in [0.2, 0.25) is 0 Å². The molecule has 1 rings (SSSR count). The number of ether oxygens (including phenoxy) is 2. The van der Waals surface area contributed by atoms with Crippen molar-refractivity contribution >= 4 is 33.7 Å². The summed E-state index contributed by atoms with van der Waals surface area (Å²) in [7, 11) is 0. The molecule has 0 saturated carbocycles. The van der Waals surface area contributed by atoms with Crippen molar-refractivity contribution in [3.05, 3.63) is 27.7 Å². The fourth-order valence-electron chi connectivity index (χ4n) is 1.64. The molecule has 0 amide bonds. The lowest BCUT2D eigenvalue weighted by atomic mass is 10.1. The normalized spacial score (nSPS) is 11.1. The van der Waals surface area contributed by atoms with Gasteiger partial charge in [-0.25, -0.2) is 4.79 Å². The Bertz CT molecular complexity index is 459. The highest BCUT2D eigenvalue weighted by atomic mass is 79.9. The molecule has 0 atom stereocenters. The predicted molar refractivity (Wildman–Crippen MR) is 83.6 cm³/mol. The molecule has 0 aliphatic carbocycles. The highest BCUT2D eigenvalue weighted by molar-refractivity contribution is 9.10. The van der Waals surface area contributed by atoms with Gasteiger partial charge in [0.1, 0.15) is 0 Å². The molecule has 4 nitrogen and oxygen atoms in total. The summed E-state index contributed by atoms with van der Waals surface area (Å²) in [4.78, 5) is 12.1. The summed E-state index contributed by atoms with van der Waals surface area (Å²) < 4.78 is 11.7. The van der Waals surface area contributed by atoms with Gasteiger partial charge in [-0.15, -0.1) is 11.8 Å². The average Bonchev–Trinajstić information content (AvgIpc) is 2.39. The van der Waals surface area contributed by atoms with E-state index in [1.54, 1.807) is 13.0 Å². The van der Waals surface area contributed by atoms with Crippen LogP contribution in [0.4, 0.5) is 0 Å². The third-order valence-electron chi connectivity index (χ3n) is 2.64. The lowest BCUT2D eigenvalue weighted by Gasteiger charge is -2.16. The van der Waals surface area contributed by atoms with Crippen molar-refractivity contribution in [1.29, 1.82) is 0 Å². The van der Waals surface area contributed by atoms with E-state index in [2.05, 4.69) is 15.9 Å². The highest BCUT2D eigenvalue weighted by Gasteiger charge is 2.14. The van der Waals surface area contributed by atoms with Crippen LogP contribution in [0.2, 0.25) is 0 Å². The van der Waals surface area contributed by atoms with Crippen LogP contribution in [0.3, 0.4) is 0 Å². The average molecular weight is 363 g/mol. The van der Waals surface area contributed by atoms with E-state index in [0.29, 0.717) is 24.5 Å². The number of hydrogen-bond donors (Lipinski definition) is 1. The molecule has 0 aliphatic heterocycles. The SMILES string of the molecule is CCOC(CSc1cc(Br)c(C)c(C(=O)O)c1)OCC. The summed E-state index contributed by atoms with van der Waals surface area (Å²) in [6, 6.07) is 3.60. The summed E-state index contributed by atoms with van der Waals surface area (Å²) in [5, 5.41) is 9.18. The van der Waals surface area contributed by atoms with E-state index in [4.69, 9.17) is 9.47 Å².